The Labute approximate surface area is 90.7 Å². The molecule has 0 amide bonds. The molecule has 15 heavy (non-hydrogen) atoms. The molecule has 0 aliphatic rings. The molecule has 1 aromatic rings. The molecular formula is C12H16N2O. The van der Waals surface area contributed by atoms with Gasteiger partial charge in [0.1, 0.15) is 11.8 Å². The number of aryl methyl sites for hydroxylation is 1. The molecule has 0 aromatic heterocycles. The highest BCUT2D eigenvalue weighted by Gasteiger charge is 2.09. The third kappa shape index (κ3) is 2.71. The maximum Gasteiger partial charge on any atom is 0.122 e. The van der Waals surface area contributed by atoms with E-state index in [1.807, 2.05) is 32.0 Å². The fourth-order valence-corrected chi connectivity index (χ4v) is 1.48. The van der Waals surface area contributed by atoms with Crippen molar-refractivity contribution in [3.8, 4) is 11.8 Å². The highest BCUT2D eigenvalue weighted by Crippen LogP contribution is 2.22. The van der Waals surface area contributed by atoms with Crippen LogP contribution in [0, 0.1) is 18.3 Å². The van der Waals surface area contributed by atoms with Crippen LogP contribution in [0.25, 0.3) is 0 Å². The fraction of sp³-hybridized carbons (Fsp3) is 0.417. The second-order valence-electron chi connectivity index (χ2n) is 3.31. The Morgan fingerprint density at radius 2 is 2.27 bits per heavy atom. The third-order valence-electron chi connectivity index (χ3n) is 2.25. The maximum atomic E-state index is 8.90. The zero-order chi connectivity index (χ0) is 11.3. The van der Waals surface area contributed by atoms with Crippen LogP contribution in [0.15, 0.2) is 18.2 Å². The van der Waals surface area contributed by atoms with Crippen LogP contribution in [-0.4, -0.2) is 13.7 Å². The average molecular weight is 204 g/mol. The van der Waals surface area contributed by atoms with E-state index in [2.05, 4.69) is 11.4 Å². The van der Waals surface area contributed by atoms with Gasteiger partial charge in [0.15, 0.2) is 0 Å². The van der Waals surface area contributed by atoms with Crippen LogP contribution < -0.4 is 10.1 Å². The van der Waals surface area contributed by atoms with E-state index < -0.39 is 0 Å². The first kappa shape index (κ1) is 11.5. The van der Waals surface area contributed by atoms with E-state index in [9.17, 15) is 0 Å². The second-order valence-corrected chi connectivity index (χ2v) is 3.31. The summed E-state index contributed by atoms with van der Waals surface area (Å²) in [6.45, 7) is 4.60. The van der Waals surface area contributed by atoms with Crippen molar-refractivity contribution in [2.24, 2.45) is 0 Å². The number of hydrogen-bond acceptors (Lipinski definition) is 3. The first-order chi connectivity index (χ1) is 7.22. The van der Waals surface area contributed by atoms with Gasteiger partial charge >= 0.3 is 0 Å². The van der Waals surface area contributed by atoms with E-state index in [4.69, 9.17) is 10.00 Å². The number of nitrogens with one attached hydrogen (secondary N) is 1. The number of benzene rings is 1. The SMILES string of the molecule is CCOc1ccc(C(C#N)NC)cc1C. The quantitative estimate of drug-likeness (QED) is 0.817. The molecule has 0 aliphatic heterocycles. The van der Waals surface area contributed by atoms with Gasteiger partial charge in [0.2, 0.25) is 0 Å². The Bertz CT molecular complexity index is 368. The smallest absolute Gasteiger partial charge is 0.122 e. The molecule has 1 aromatic carbocycles. The first-order valence-corrected chi connectivity index (χ1v) is 5.03. The van der Waals surface area contributed by atoms with Crippen molar-refractivity contribution in [3.63, 3.8) is 0 Å². The molecule has 0 aliphatic carbocycles. The van der Waals surface area contributed by atoms with Crippen LogP contribution in [0.1, 0.15) is 24.1 Å². The molecule has 1 unspecified atom stereocenters. The number of rotatable bonds is 4. The Balaban J connectivity index is 2.96. The van der Waals surface area contributed by atoms with Gasteiger partial charge < -0.3 is 10.1 Å². The van der Waals surface area contributed by atoms with Crippen molar-refractivity contribution < 1.29 is 4.74 Å². The predicted octanol–water partition coefficient (Wildman–Crippen LogP) is 2.18. The zero-order valence-corrected chi connectivity index (χ0v) is 9.37. The monoisotopic (exact) mass is 204 g/mol. The molecular weight excluding hydrogens is 188 g/mol. The molecule has 1 atom stereocenters. The lowest BCUT2D eigenvalue weighted by Crippen LogP contribution is -2.14. The van der Waals surface area contributed by atoms with Crippen molar-refractivity contribution in [3.05, 3.63) is 29.3 Å². The normalized spacial score (nSPS) is 11.9. The highest BCUT2D eigenvalue weighted by molar-refractivity contribution is 5.38. The zero-order valence-electron chi connectivity index (χ0n) is 9.37. The van der Waals surface area contributed by atoms with Gasteiger partial charge in [-0.2, -0.15) is 5.26 Å². The summed E-state index contributed by atoms with van der Waals surface area (Å²) in [6, 6.07) is 7.76. The minimum atomic E-state index is -0.251. The molecule has 1 N–H and O–H groups in total. The summed E-state index contributed by atoms with van der Waals surface area (Å²) in [5.41, 5.74) is 2.03. The summed E-state index contributed by atoms with van der Waals surface area (Å²) < 4.78 is 5.44. The van der Waals surface area contributed by atoms with Crippen LogP contribution in [0.5, 0.6) is 5.75 Å². The minimum Gasteiger partial charge on any atom is -0.494 e. The highest BCUT2D eigenvalue weighted by atomic mass is 16.5. The molecule has 0 saturated carbocycles. The molecule has 3 heteroatoms. The first-order valence-electron chi connectivity index (χ1n) is 5.03. The van der Waals surface area contributed by atoms with Crippen LogP contribution in [0.3, 0.4) is 0 Å². The van der Waals surface area contributed by atoms with E-state index in [0.717, 1.165) is 16.9 Å². The number of hydrogen-bond donors (Lipinski definition) is 1. The van der Waals surface area contributed by atoms with Crippen molar-refractivity contribution in [1.82, 2.24) is 5.32 Å². The molecule has 1 rings (SSSR count). The van der Waals surface area contributed by atoms with Crippen LogP contribution in [0.4, 0.5) is 0 Å². The lowest BCUT2D eigenvalue weighted by Gasteiger charge is -2.12. The van der Waals surface area contributed by atoms with Gasteiger partial charge in [0, 0.05) is 0 Å². The second kappa shape index (κ2) is 5.38. The van der Waals surface area contributed by atoms with Crippen LogP contribution in [0.2, 0.25) is 0 Å². The maximum absolute atomic E-state index is 8.90. The summed E-state index contributed by atoms with van der Waals surface area (Å²) >= 11 is 0. The summed E-state index contributed by atoms with van der Waals surface area (Å²) in [7, 11) is 1.78. The van der Waals surface area contributed by atoms with E-state index >= 15 is 0 Å². The van der Waals surface area contributed by atoms with E-state index in [1.54, 1.807) is 7.05 Å². The molecule has 0 fully saturated rings. The molecule has 0 heterocycles. The lowest BCUT2D eigenvalue weighted by atomic mass is 10.0. The Morgan fingerprint density at radius 1 is 1.53 bits per heavy atom. The van der Waals surface area contributed by atoms with Gasteiger partial charge in [-0.15, -0.1) is 0 Å². The topological polar surface area (TPSA) is 45.0 Å². The fourth-order valence-electron chi connectivity index (χ4n) is 1.48. The van der Waals surface area contributed by atoms with Gasteiger partial charge in [0.05, 0.1) is 12.7 Å². The molecule has 0 bridgehead atoms. The Morgan fingerprint density at radius 3 is 2.73 bits per heavy atom. The van der Waals surface area contributed by atoms with Crippen molar-refractivity contribution in [2.75, 3.05) is 13.7 Å². The molecule has 3 nitrogen and oxygen atoms in total. The van der Waals surface area contributed by atoms with Crippen LogP contribution >= 0.6 is 0 Å². The summed E-state index contributed by atoms with van der Waals surface area (Å²) in [5.74, 6) is 0.883. The Hall–Kier alpha value is -1.53. The van der Waals surface area contributed by atoms with Crippen molar-refractivity contribution in [1.29, 1.82) is 5.26 Å². The largest absolute Gasteiger partial charge is 0.494 e. The van der Waals surface area contributed by atoms with Crippen LogP contribution in [-0.2, 0) is 0 Å². The van der Waals surface area contributed by atoms with Gasteiger partial charge in [-0.25, -0.2) is 0 Å². The predicted molar refractivity (Wildman–Crippen MR) is 59.8 cm³/mol. The molecule has 80 valence electrons. The van der Waals surface area contributed by atoms with Gasteiger partial charge in [0.25, 0.3) is 0 Å². The van der Waals surface area contributed by atoms with Crippen molar-refractivity contribution >= 4 is 0 Å². The average Bonchev–Trinajstić information content (AvgIpc) is 2.24. The molecule has 0 radical (unpaired) electrons. The van der Waals surface area contributed by atoms with Gasteiger partial charge in [-0.05, 0) is 44.2 Å². The Kier molecular flexibility index (Phi) is 4.14. The lowest BCUT2D eigenvalue weighted by molar-refractivity contribution is 0.337. The molecule has 0 saturated heterocycles. The van der Waals surface area contributed by atoms with Gasteiger partial charge in [-0.1, -0.05) is 6.07 Å². The summed E-state index contributed by atoms with van der Waals surface area (Å²) in [4.78, 5) is 0. The van der Waals surface area contributed by atoms with Gasteiger partial charge in [-0.3, -0.25) is 0 Å². The minimum absolute atomic E-state index is 0.251. The summed E-state index contributed by atoms with van der Waals surface area (Å²) in [6.07, 6.45) is 0. The summed E-state index contributed by atoms with van der Waals surface area (Å²) in [5, 5.41) is 11.8. The standard InChI is InChI=1S/C12H16N2O/c1-4-15-12-6-5-10(7-9(12)2)11(8-13)14-3/h5-7,11,14H,4H2,1-3H3. The third-order valence-corrected chi connectivity index (χ3v) is 2.25. The van der Waals surface area contributed by atoms with E-state index in [1.165, 1.54) is 0 Å². The van der Waals surface area contributed by atoms with E-state index in [-0.39, 0.29) is 6.04 Å². The number of nitriles is 1. The van der Waals surface area contributed by atoms with Crippen molar-refractivity contribution in [2.45, 2.75) is 19.9 Å². The number of nitrogens with zero attached hydrogens (tertiary/aromatic N) is 1. The molecule has 0 spiro atoms. The number of ether oxygens (including phenoxy) is 1. The van der Waals surface area contributed by atoms with E-state index in [0.29, 0.717) is 6.61 Å².